The number of amides is 1. The Kier molecular flexibility index (Phi) is 7.32. The van der Waals surface area contributed by atoms with Crippen LogP contribution in [-0.2, 0) is 4.79 Å². The summed E-state index contributed by atoms with van der Waals surface area (Å²) in [6.45, 7) is 7.58. The topological polar surface area (TPSA) is 43.8 Å². The lowest BCUT2D eigenvalue weighted by molar-refractivity contribution is -0.120. The first-order valence-electron chi connectivity index (χ1n) is 7.40. The molecule has 0 spiro atoms. The zero-order valence-corrected chi connectivity index (χ0v) is 13.1. The molecule has 0 atom stereocenters. The summed E-state index contributed by atoms with van der Waals surface area (Å²) >= 11 is 0. The fraction of sp³-hybridized carbons (Fsp3) is 0.562. The summed E-state index contributed by atoms with van der Waals surface area (Å²) in [7, 11) is 0. The fourth-order valence-corrected chi connectivity index (χ4v) is 2.18. The molecule has 21 heavy (non-hydrogen) atoms. The summed E-state index contributed by atoms with van der Waals surface area (Å²) in [5.74, 6) is -0.329. The van der Waals surface area contributed by atoms with Crippen LogP contribution >= 0.6 is 0 Å². The number of carbonyl (C=O) groups is 1. The Morgan fingerprint density at radius 3 is 2.38 bits per heavy atom. The molecule has 1 amide bonds. The number of hydrogen-bond donors (Lipinski definition) is 1. The van der Waals surface area contributed by atoms with Gasteiger partial charge in [-0.2, -0.15) is 0 Å². The molecule has 1 rings (SSSR count). The van der Waals surface area contributed by atoms with Crippen LogP contribution in [0, 0.1) is 5.82 Å². The van der Waals surface area contributed by atoms with Gasteiger partial charge in [0.15, 0.2) is 0 Å². The molecule has 1 N–H and O–H groups in total. The number of aliphatic hydroxyl groups excluding tert-OH is 1. The number of aliphatic hydroxyl groups is 1. The van der Waals surface area contributed by atoms with Crippen LogP contribution in [0.1, 0.15) is 27.2 Å². The largest absolute Gasteiger partial charge is 0.396 e. The monoisotopic (exact) mass is 296 g/mol. The Morgan fingerprint density at radius 1 is 1.29 bits per heavy atom. The minimum absolute atomic E-state index is 0.0178. The van der Waals surface area contributed by atoms with Crippen LogP contribution in [0.15, 0.2) is 24.3 Å². The van der Waals surface area contributed by atoms with Gasteiger partial charge >= 0.3 is 0 Å². The van der Waals surface area contributed by atoms with E-state index in [2.05, 4.69) is 0 Å². The van der Waals surface area contributed by atoms with Crippen LogP contribution < -0.4 is 4.90 Å². The highest BCUT2D eigenvalue weighted by Gasteiger charge is 2.19. The van der Waals surface area contributed by atoms with Crippen LogP contribution in [0.5, 0.6) is 0 Å². The standard InChI is InChI=1S/C16H25FN2O2/c1-4-19(15-8-6-14(17)7-9-15)16(21)12-18(13(2)3)10-5-11-20/h6-9,13,20H,4-5,10-12H2,1-3H3. The van der Waals surface area contributed by atoms with E-state index in [0.717, 1.165) is 0 Å². The number of nitrogens with zero attached hydrogens (tertiary/aromatic N) is 2. The number of carbonyl (C=O) groups excluding carboxylic acids is 1. The first-order chi connectivity index (χ1) is 9.99. The Balaban J connectivity index is 2.75. The first-order valence-corrected chi connectivity index (χ1v) is 7.40. The second-order valence-corrected chi connectivity index (χ2v) is 5.26. The molecule has 0 bridgehead atoms. The molecule has 1 aromatic rings. The van der Waals surface area contributed by atoms with Crippen molar-refractivity contribution in [2.75, 3.05) is 31.1 Å². The van der Waals surface area contributed by atoms with Gasteiger partial charge in [0.05, 0.1) is 6.54 Å². The third-order valence-corrected chi connectivity index (χ3v) is 3.43. The predicted molar refractivity (Wildman–Crippen MR) is 82.8 cm³/mol. The number of hydrogen-bond acceptors (Lipinski definition) is 3. The fourth-order valence-electron chi connectivity index (χ4n) is 2.18. The highest BCUT2D eigenvalue weighted by atomic mass is 19.1. The summed E-state index contributed by atoms with van der Waals surface area (Å²) in [6, 6.07) is 6.18. The average molecular weight is 296 g/mol. The molecule has 0 unspecified atom stereocenters. The third-order valence-electron chi connectivity index (χ3n) is 3.43. The van der Waals surface area contributed by atoms with Crippen molar-refractivity contribution < 1.29 is 14.3 Å². The van der Waals surface area contributed by atoms with Crippen molar-refractivity contribution >= 4 is 11.6 Å². The van der Waals surface area contributed by atoms with Crippen molar-refractivity contribution in [1.82, 2.24) is 4.90 Å². The van der Waals surface area contributed by atoms with E-state index in [1.807, 2.05) is 25.7 Å². The van der Waals surface area contributed by atoms with Gasteiger partial charge in [-0.1, -0.05) is 0 Å². The van der Waals surface area contributed by atoms with Gasteiger partial charge < -0.3 is 10.0 Å². The van der Waals surface area contributed by atoms with Crippen molar-refractivity contribution in [2.45, 2.75) is 33.2 Å². The first kappa shape index (κ1) is 17.6. The molecule has 0 saturated carbocycles. The molecular weight excluding hydrogens is 271 g/mol. The number of likely N-dealkylation sites (N-methyl/N-ethyl adjacent to an activating group) is 1. The van der Waals surface area contributed by atoms with Crippen LogP contribution in [0.4, 0.5) is 10.1 Å². The number of rotatable bonds is 8. The third kappa shape index (κ3) is 5.44. The summed E-state index contributed by atoms with van der Waals surface area (Å²) in [5, 5.41) is 8.93. The van der Waals surface area contributed by atoms with E-state index >= 15 is 0 Å². The van der Waals surface area contributed by atoms with E-state index in [9.17, 15) is 9.18 Å². The summed E-state index contributed by atoms with van der Waals surface area (Å²) in [6.07, 6.45) is 0.647. The number of halogens is 1. The van der Waals surface area contributed by atoms with Gasteiger partial charge in [0.25, 0.3) is 0 Å². The Hall–Kier alpha value is -1.46. The van der Waals surface area contributed by atoms with E-state index in [1.165, 1.54) is 12.1 Å². The summed E-state index contributed by atoms with van der Waals surface area (Å²) < 4.78 is 13.0. The zero-order chi connectivity index (χ0) is 15.8. The molecule has 4 nitrogen and oxygen atoms in total. The highest BCUT2D eigenvalue weighted by Crippen LogP contribution is 2.15. The van der Waals surface area contributed by atoms with Crippen molar-refractivity contribution in [3.05, 3.63) is 30.1 Å². The highest BCUT2D eigenvalue weighted by molar-refractivity contribution is 5.94. The van der Waals surface area contributed by atoms with Crippen molar-refractivity contribution in [1.29, 1.82) is 0 Å². The molecule has 0 aliphatic heterocycles. The van der Waals surface area contributed by atoms with Gasteiger partial charge in [-0.25, -0.2) is 4.39 Å². The molecule has 0 aliphatic carbocycles. The maximum atomic E-state index is 13.0. The van der Waals surface area contributed by atoms with Gasteiger partial charge in [-0.05, 0) is 51.5 Å². The molecule has 118 valence electrons. The number of anilines is 1. The quantitative estimate of drug-likeness (QED) is 0.800. The lowest BCUT2D eigenvalue weighted by atomic mass is 10.2. The molecule has 0 aromatic heterocycles. The lowest BCUT2D eigenvalue weighted by Gasteiger charge is -2.29. The SMILES string of the molecule is CCN(C(=O)CN(CCCO)C(C)C)c1ccc(F)cc1. The lowest BCUT2D eigenvalue weighted by Crippen LogP contribution is -2.43. The maximum Gasteiger partial charge on any atom is 0.241 e. The van der Waals surface area contributed by atoms with Crippen LogP contribution in [0.3, 0.4) is 0 Å². The molecule has 0 fully saturated rings. The van der Waals surface area contributed by atoms with E-state index in [4.69, 9.17) is 5.11 Å². The second kappa shape index (κ2) is 8.74. The van der Waals surface area contributed by atoms with Crippen LogP contribution in [0.25, 0.3) is 0 Å². The second-order valence-electron chi connectivity index (χ2n) is 5.26. The van der Waals surface area contributed by atoms with Gasteiger partial charge in [-0.15, -0.1) is 0 Å². The van der Waals surface area contributed by atoms with Crippen molar-refractivity contribution in [2.24, 2.45) is 0 Å². The maximum absolute atomic E-state index is 13.0. The minimum atomic E-state index is -0.311. The zero-order valence-electron chi connectivity index (χ0n) is 13.1. The van der Waals surface area contributed by atoms with Crippen molar-refractivity contribution in [3.8, 4) is 0 Å². The van der Waals surface area contributed by atoms with Gasteiger partial charge in [0.2, 0.25) is 5.91 Å². The van der Waals surface area contributed by atoms with Gasteiger partial charge in [-0.3, -0.25) is 9.69 Å². The van der Waals surface area contributed by atoms with E-state index in [-0.39, 0.29) is 24.4 Å². The normalized spacial score (nSPS) is 11.2. The minimum Gasteiger partial charge on any atom is -0.396 e. The van der Waals surface area contributed by atoms with Crippen molar-refractivity contribution in [3.63, 3.8) is 0 Å². The van der Waals surface area contributed by atoms with Gasteiger partial charge in [0.1, 0.15) is 5.82 Å². The van der Waals surface area contributed by atoms with E-state index < -0.39 is 0 Å². The molecule has 1 aromatic carbocycles. The van der Waals surface area contributed by atoms with E-state index in [1.54, 1.807) is 17.0 Å². The smallest absolute Gasteiger partial charge is 0.241 e. The van der Waals surface area contributed by atoms with Gasteiger partial charge in [0, 0.05) is 31.4 Å². The van der Waals surface area contributed by atoms with Crippen LogP contribution in [-0.4, -0.2) is 48.2 Å². The average Bonchev–Trinajstić information content (AvgIpc) is 2.46. The molecule has 0 heterocycles. The Bertz CT molecular complexity index is 434. The Morgan fingerprint density at radius 2 is 1.90 bits per heavy atom. The summed E-state index contributed by atoms with van der Waals surface area (Å²) in [4.78, 5) is 16.1. The van der Waals surface area contributed by atoms with Crippen LogP contribution in [0.2, 0.25) is 0 Å². The predicted octanol–water partition coefficient (Wildman–Crippen LogP) is 2.27. The van der Waals surface area contributed by atoms with E-state index in [0.29, 0.717) is 31.7 Å². The molecular formula is C16H25FN2O2. The molecule has 5 heteroatoms. The summed E-state index contributed by atoms with van der Waals surface area (Å²) in [5.41, 5.74) is 0.703. The molecule has 0 saturated heterocycles. The molecule has 0 radical (unpaired) electrons. The molecule has 0 aliphatic rings. The number of benzene rings is 1. The Labute approximate surface area is 126 Å².